The molecule has 2 rings (SSSR count). The van der Waals surface area contributed by atoms with Gasteiger partial charge < -0.3 is 9.88 Å². The Balaban J connectivity index is 1.91. The summed E-state index contributed by atoms with van der Waals surface area (Å²) >= 11 is 0. The van der Waals surface area contributed by atoms with Gasteiger partial charge in [0, 0.05) is 31.0 Å². The van der Waals surface area contributed by atoms with Crippen molar-refractivity contribution in [3.63, 3.8) is 0 Å². The molecule has 0 radical (unpaired) electrons. The molecule has 1 aromatic rings. The molecular weight excluding hydrogens is 148 g/mol. The van der Waals surface area contributed by atoms with Crippen LogP contribution in [-0.2, 0) is 13.6 Å². The van der Waals surface area contributed by atoms with Crippen molar-refractivity contribution in [3.05, 3.63) is 24.0 Å². The molecule has 0 saturated heterocycles. The van der Waals surface area contributed by atoms with Gasteiger partial charge in [-0.05, 0) is 31.9 Å². The van der Waals surface area contributed by atoms with Crippen LogP contribution in [-0.4, -0.2) is 10.1 Å². The monoisotopic (exact) mass is 164 g/mol. The van der Waals surface area contributed by atoms with Gasteiger partial charge in [-0.15, -0.1) is 0 Å². The van der Waals surface area contributed by atoms with E-state index in [-0.39, 0.29) is 0 Å². The van der Waals surface area contributed by atoms with Crippen LogP contribution in [0.5, 0.6) is 0 Å². The summed E-state index contributed by atoms with van der Waals surface area (Å²) in [7, 11) is 2.09. The van der Waals surface area contributed by atoms with Crippen molar-refractivity contribution >= 4 is 0 Å². The van der Waals surface area contributed by atoms with Gasteiger partial charge in [-0.2, -0.15) is 0 Å². The molecule has 2 nitrogen and oxygen atoms in total. The van der Waals surface area contributed by atoms with Crippen molar-refractivity contribution in [1.29, 1.82) is 0 Å². The number of nitrogens with one attached hydrogen (secondary N) is 1. The molecule has 0 aliphatic heterocycles. The van der Waals surface area contributed by atoms with Gasteiger partial charge in [0.1, 0.15) is 0 Å². The Morgan fingerprint density at radius 1 is 1.58 bits per heavy atom. The molecule has 0 unspecified atom stereocenters. The fraction of sp³-hybridized carbons (Fsp3) is 0.600. The van der Waals surface area contributed by atoms with Gasteiger partial charge in [0.25, 0.3) is 0 Å². The number of aromatic nitrogens is 1. The van der Waals surface area contributed by atoms with Crippen molar-refractivity contribution in [2.24, 2.45) is 7.05 Å². The number of aryl methyl sites for hydroxylation is 1. The maximum Gasteiger partial charge on any atom is 0.0363 e. The third-order valence-electron chi connectivity index (χ3n) is 2.75. The lowest BCUT2D eigenvalue weighted by Gasteiger charge is -2.11. The zero-order valence-corrected chi connectivity index (χ0v) is 7.80. The molecule has 1 aliphatic rings. The predicted molar refractivity (Wildman–Crippen MR) is 49.9 cm³/mol. The van der Waals surface area contributed by atoms with Crippen LogP contribution >= 0.6 is 0 Å². The van der Waals surface area contributed by atoms with Gasteiger partial charge in [0.05, 0.1) is 0 Å². The minimum Gasteiger partial charge on any atom is -0.353 e. The van der Waals surface area contributed by atoms with Crippen LogP contribution in [0.15, 0.2) is 18.3 Å². The molecule has 0 amide bonds. The van der Waals surface area contributed by atoms with Crippen LogP contribution in [0.4, 0.5) is 0 Å². The second kappa shape index (κ2) is 2.63. The van der Waals surface area contributed by atoms with Crippen LogP contribution in [0.1, 0.15) is 25.5 Å². The number of rotatable bonds is 3. The molecule has 1 saturated carbocycles. The Kier molecular flexibility index (Phi) is 1.72. The summed E-state index contributed by atoms with van der Waals surface area (Å²) in [6, 6.07) is 4.25. The van der Waals surface area contributed by atoms with Gasteiger partial charge in [-0.25, -0.2) is 0 Å². The lowest BCUT2D eigenvalue weighted by molar-refractivity contribution is 0.524. The molecule has 2 heteroatoms. The highest BCUT2D eigenvalue weighted by atomic mass is 15.0. The van der Waals surface area contributed by atoms with Gasteiger partial charge in [0.2, 0.25) is 0 Å². The van der Waals surface area contributed by atoms with E-state index in [2.05, 4.69) is 42.2 Å². The molecule has 1 N–H and O–H groups in total. The summed E-state index contributed by atoms with van der Waals surface area (Å²) in [4.78, 5) is 0. The molecule has 0 atom stereocenters. The maximum absolute atomic E-state index is 3.56. The molecule has 0 bridgehead atoms. The van der Waals surface area contributed by atoms with Crippen molar-refractivity contribution in [2.75, 3.05) is 0 Å². The van der Waals surface area contributed by atoms with Gasteiger partial charge in [-0.1, -0.05) is 0 Å². The molecule has 1 heterocycles. The highest BCUT2D eigenvalue weighted by Gasteiger charge is 2.36. The molecule has 1 aliphatic carbocycles. The number of nitrogens with zero attached hydrogens (tertiary/aromatic N) is 1. The van der Waals surface area contributed by atoms with E-state index in [1.807, 2.05) is 0 Å². The standard InChI is InChI=1S/C10H16N2/c1-10(5-6-10)11-8-9-4-3-7-12(9)2/h3-4,7,11H,5-6,8H2,1-2H3. The lowest BCUT2D eigenvalue weighted by Crippen LogP contribution is -2.27. The number of hydrogen-bond acceptors (Lipinski definition) is 1. The van der Waals surface area contributed by atoms with Gasteiger partial charge >= 0.3 is 0 Å². The normalized spacial score (nSPS) is 19.5. The summed E-state index contributed by atoms with van der Waals surface area (Å²) in [5, 5.41) is 3.56. The molecule has 1 fully saturated rings. The van der Waals surface area contributed by atoms with E-state index in [9.17, 15) is 0 Å². The van der Waals surface area contributed by atoms with Gasteiger partial charge in [0.15, 0.2) is 0 Å². The van der Waals surface area contributed by atoms with Crippen molar-refractivity contribution in [2.45, 2.75) is 31.8 Å². The van der Waals surface area contributed by atoms with Crippen molar-refractivity contribution < 1.29 is 0 Å². The third kappa shape index (κ3) is 1.53. The molecule has 0 aromatic carbocycles. The molecule has 1 aromatic heterocycles. The van der Waals surface area contributed by atoms with Gasteiger partial charge in [-0.3, -0.25) is 0 Å². The topological polar surface area (TPSA) is 17.0 Å². The summed E-state index contributed by atoms with van der Waals surface area (Å²) < 4.78 is 2.17. The van der Waals surface area contributed by atoms with Crippen LogP contribution in [0.3, 0.4) is 0 Å². The average Bonchev–Trinajstić information content (AvgIpc) is 2.61. The first kappa shape index (κ1) is 7.87. The molecule has 12 heavy (non-hydrogen) atoms. The molecular formula is C10H16N2. The van der Waals surface area contributed by atoms with E-state index < -0.39 is 0 Å². The quantitative estimate of drug-likeness (QED) is 0.719. The Hall–Kier alpha value is -0.760. The highest BCUT2D eigenvalue weighted by Crippen LogP contribution is 2.34. The lowest BCUT2D eigenvalue weighted by atomic mass is 10.3. The van der Waals surface area contributed by atoms with Crippen LogP contribution in [0.2, 0.25) is 0 Å². The van der Waals surface area contributed by atoms with E-state index >= 15 is 0 Å². The van der Waals surface area contributed by atoms with Crippen LogP contribution < -0.4 is 5.32 Å². The molecule has 0 spiro atoms. The first-order valence-electron chi connectivity index (χ1n) is 4.55. The average molecular weight is 164 g/mol. The van der Waals surface area contributed by atoms with E-state index in [0.717, 1.165) is 6.54 Å². The Morgan fingerprint density at radius 2 is 2.33 bits per heavy atom. The zero-order chi connectivity index (χ0) is 8.60. The van der Waals surface area contributed by atoms with E-state index in [1.54, 1.807) is 0 Å². The van der Waals surface area contributed by atoms with E-state index in [0.29, 0.717) is 5.54 Å². The summed E-state index contributed by atoms with van der Waals surface area (Å²) in [5.74, 6) is 0. The number of hydrogen-bond donors (Lipinski definition) is 1. The second-order valence-electron chi connectivity index (χ2n) is 4.02. The smallest absolute Gasteiger partial charge is 0.0363 e. The Morgan fingerprint density at radius 3 is 2.83 bits per heavy atom. The first-order valence-corrected chi connectivity index (χ1v) is 4.55. The minimum absolute atomic E-state index is 0.449. The van der Waals surface area contributed by atoms with E-state index in [1.165, 1.54) is 18.5 Å². The van der Waals surface area contributed by atoms with E-state index in [4.69, 9.17) is 0 Å². The Labute approximate surface area is 73.6 Å². The highest BCUT2D eigenvalue weighted by molar-refractivity contribution is 5.08. The summed E-state index contributed by atoms with van der Waals surface area (Å²) in [6.45, 7) is 3.29. The minimum atomic E-state index is 0.449. The largest absolute Gasteiger partial charge is 0.353 e. The second-order valence-corrected chi connectivity index (χ2v) is 4.02. The Bertz CT molecular complexity index is 271. The zero-order valence-electron chi connectivity index (χ0n) is 7.80. The molecule has 66 valence electrons. The summed E-state index contributed by atoms with van der Waals surface area (Å²) in [6.07, 6.45) is 4.75. The fourth-order valence-electron chi connectivity index (χ4n) is 1.35. The van der Waals surface area contributed by atoms with Crippen molar-refractivity contribution in [1.82, 2.24) is 9.88 Å². The SMILES string of the molecule is Cn1cccc1CNC1(C)CC1. The van der Waals surface area contributed by atoms with Crippen molar-refractivity contribution in [3.8, 4) is 0 Å². The fourth-order valence-corrected chi connectivity index (χ4v) is 1.35. The van der Waals surface area contributed by atoms with Crippen LogP contribution in [0, 0.1) is 0 Å². The predicted octanol–water partition coefficient (Wildman–Crippen LogP) is 1.67. The summed E-state index contributed by atoms with van der Waals surface area (Å²) in [5.41, 5.74) is 1.81. The third-order valence-corrected chi connectivity index (χ3v) is 2.75. The first-order chi connectivity index (χ1) is 5.70. The van der Waals surface area contributed by atoms with Crippen LogP contribution in [0.25, 0.3) is 0 Å². The maximum atomic E-state index is 3.56.